The van der Waals surface area contributed by atoms with Gasteiger partial charge in [-0.15, -0.1) is 11.3 Å². The molecule has 9 heteroatoms. The van der Waals surface area contributed by atoms with Crippen molar-refractivity contribution >= 4 is 43.2 Å². The lowest BCUT2D eigenvalue weighted by Gasteiger charge is -2.04. The number of benzene rings is 2. The molecule has 2 heterocycles. The fourth-order valence-corrected chi connectivity index (χ4v) is 4.70. The molecule has 0 saturated carbocycles. The van der Waals surface area contributed by atoms with Gasteiger partial charge in [-0.1, -0.05) is 31.2 Å². The molecule has 0 saturated heterocycles. The summed E-state index contributed by atoms with van der Waals surface area (Å²) in [6, 6.07) is 13.9. The minimum atomic E-state index is -3.26. The Balaban J connectivity index is 1.45. The number of thiazole rings is 1. The summed E-state index contributed by atoms with van der Waals surface area (Å²) in [6.07, 6.45) is 0.114. The summed E-state index contributed by atoms with van der Waals surface area (Å²) in [6.45, 7) is 1.60. The smallest absolute Gasteiger partial charge is 0.230 e. The number of rotatable bonds is 7. The summed E-state index contributed by atoms with van der Waals surface area (Å²) >= 11 is 1.30. The van der Waals surface area contributed by atoms with Crippen molar-refractivity contribution in [1.82, 2.24) is 4.98 Å². The van der Waals surface area contributed by atoms with Gasteiger partial charge in [0.15, 0.2) is 32.1 Å². The molecule has 7 nitrogen and oxygen atoms in total. The van der Waals surface area contributed by atoms with E-state index in [0.717, 1.165) is 5.39 Å². The number of sulfone groups is 1. The summed E-state index contributed by atoms with van der Waals surface area (Å²) in [5.41, 5.74) is 1.98. The van der Waals surface area contributed by atoms with Crippen LogP contribution in [0.4, 0.5) is 5.13 Å². The van der Waals surface area contributed by atoms with Crippen molar-refractivity contribution < 1.29 is 22.4 Å². The standard InChI is InChI=1S/C22H20N2O5S2/c1-3-31(26,27)16-9-7-14(8-10-16)11-20(25)24-22-23-17(13-30-22)19-12-15-5-4-6-18(28-2)21(15)29-19/h4-10,12-13H,3,11H2,1-2H3,(H,23,24,25). The molecule has 0 bridgehead atoms. The average Bonchev–Trinajstić information content (AvgIpc) is 3.40. The third kappa shape index (κ3) is 4.47. The van der Waals surface area contributed by atoms with Gasteiger partial charge in [0.05, 0.1) is 24.2 Å². The first-order valence-electron chi connectivity index (χ1n) is 9.53. The van der Waals surface area contributed by atoms with Gasteiger partial charge in [-0.05, 0) is 29.8 Å². The number of para-hydroxylation sites is 1. The maximum Gasteiger partial charge on any atom is 0.230 e. The highest BCUT2D eigenvalue weighted by molar-refractivity contribution is 7.91. The molecule has 0 spiro atoms. The van der Waals surface area contributed by atoms with Crippen molar-refractivity contribution in [3.8, 4) is 17.2 Å². The number of furan rings is 1. The number of carbonyl (C=O) groups excluding carboxylic acids is 1. The zero-order chi connectivity index (χ0) is 22.0. The van der Waals surface area contributed by atoms with Crippen molar-refractivity contribution in [2.75, 3.05) is 18.2 Å². The SMILES string of the molecule is CCS(=O)(=O)c1ccc(CC(=O)Nc2nc(-c3cc4cccc(OC)c4o3)cs2)cc1. The van der Waals surface area contributed by atoms with E-state index in [9.17, 15) is 13.2 Å². The number of anilines is 1. The monoisotopic (exact) mass is 456 g/mol. The van der Waals surface area contributed by atoms with E-state index in [4.69, 9.17) is 9.15 Å². The summed E-state index contributed by atoms with van der Waals surface area (Å²) < 4.78 is 35.0. The third-order valence-electron chi connectivity index (χ3n) is 4.76. The Morgan fingerprint density at radius 1 is 1.19 bits per heavy atom. The number of hydrogen-bond donors (Lipinski definition) is 1. The topological polar surface area (TPSA) is 98.5 Å². The van der Waals surface area contributed by atoms with Crippen LogP contribution >= 0.6 is 11.3 Å². The largest absolute Gasteiger partial charge is 0.493 e. The van der Waals surface area contributed by atoms with Crippen molar-refractivity contribution in [1.29, 1.82) is 0 Å². The summed E-state index contributed by atoms with van der Waals surface area (Å²) in [7, 11) is -1.67. The fourth-order valence-electron chi connectivity index (χ4n) is 3.10. The number of nitrogens with zero attached hydrogens (tertiary/aromatic N) is 1. The lowest BCUT2D eigenvalue weighted by molar-refractivity contribution is -0.115. The van der Waals surface area contributed by atoms with E-state index < -0.39 is 9.84 Å². The Morgan fingerprint density at radius 2 is 1.97 bits per heavy atom. The molecule has 2 aromatic heterocycles. The Morgan fingerprint density at radius 3 is 2.68 bits per heavy atom. The molecule has 31 heavy (non-hydrogen) atoms. The molecule has 160 valence electrons. The molecule has 0 radical (unpaired) electrons. The number of carbonyl (C=O) groups is 1. The van der Waals surface area contributed by atoms with Crippen LogP contribution in [0.5, 0.6) is 5.75 Å². The minimum Gasteiger partial charge on any atom is -0.493 e. The van der Waals surface area contributed by atoms with Crippen molar-refractivity contribution in [3.63, 3.8) is 0 Å². The van der Waals surface area contributed by atoms with Crippen molar-refractivity contribution in [2.24, 2.45) is 0 Å². The van der Waals surface area contributed by atoms with Crippen LogP contribution in [0, 0.1) is 0 Å². The molecule has 4 rings (SSSR count). The first-order chi connectivity index (χ1) is 14.9. The molecule has 2 aromatic carbocycles. The van der Waals surface area contributed by atoms with Crippen LogP contribution < -0.4 is 10.1 Å². The average molecular weight is 457 g/mol. The predicted octanol–water partition coefficient (Wildman–Crippen LogP) is 4.54. The second kappa shape index (κ2) is 8.52. The number of ether oxygens (including phenoxy) is 1. The lowest BCUT2D eigenvalue weighted by atomic mass is 10.1. The fraction of sp³-hybridized carbons (Fsp3) is 0.182. The van der Waals surface area contributed by atoms with E-state index in [0.29, 0.717) is 33.5 Å². The molecular formula is C22H20N2O5S2. The second-order valence-corrected chi connectivity index (χ2v) is 9.94. The Labute approximate surface area is 183 Å². The summed E-state index contributed by atoms with van der Waals surface area (Å²) in [4.78, 5) is 17.1. The maximum atomic E-state index is 12.4. The molecular weight excluding hydrogens is 436 g/mol. The Bertz CT molecular complexity index is 1340. The van der Waals surface area contributed by atoms with Gasteiger partial charge in [-0.2, -0.15) is 0 Å². The Hall–Kier alpha value is -3.17. The molecule has 1 N–H and O–H groups in total. The van der Waals surface area contributed by atoms with Crippen molar-refractivity contribution in [3.05, 3.63) is 59.5 Å². The van der Waals surface area contributed by atoms with E-state index >= 15 is 0 Å². The number of hydrogen-bond acceptors (Lipinski definition) is 7. The maximum absolute atomic E-state index is 12.4. The van der Waals surface area contributed by atoms with Crippen LogP contribution in [0.25, 0.3) is 22.4 Å². The van der Waals surface area contributed by atoms with E-state index in [2.05, 4.69) is 10.3 Å². The molecule has 0 aliphatic rings. The van der Waals surface area contributed by atoms with Crippen LogP contribution in [0.15, 0.2) is 63.2 Å². The Kier molecular flexibility index (Phi) is 5.79. The highest BCUT2D eigenvalue weighted by atomic mass is 32.2. The molecule has 0 aliphatic carbocycles. The van der Waals surface area contributed by atoms with E-state index in [-0.39, 0.29) is 23.0 Å². The van der Waals surface area contributed by atoms with E-state index in [1.54, 1.807) is 26.2 Å². The van der Waals surface area contributed by atoms with E-state index in [1.807, 2.05) is 29.6 Å². The lowest BCUT2D eigenvalue weighted by Crippen LogP contribution is -2.14. The van der Waals surface area contributed by atoms with E-state index in [1.165, 1.54) is 23.5 Å². The number of methoxy groups -OCH3 is 1. The van der Waals surface area contributed by atoms with Gasteiger partial charge in [-0.25, -0.2) is 13.4 Å². The molecule has 0 atom stereocenters. The third-order valence-corrected chi connectivity index (χ3v) is 7.27. The quantitative estimate of drug-likeness (QED) is 0.438. The van der Waals surface area contributed by atoms with Gasteiger partial charge in [0.25, 0.3) is 0 Å². The van der Waals surface area contributed by atoms with Gasteiger partial charge in [-0.3, -0.25) is 4.79 Å². The zero-order valence-electron chi connectivity index (χ0n) is 16.9. The molecule has 4 aromatic rings. The second-order valence-electron chi connectivity index (χ2n) is 6.80. The van der Waals surface area contributed by atoms with Crippen LogP contribution in [-0.4, -0.2) is 32.2 Å². The number of aromatic nitrogens is 1. The van der Waals surface area contributed by atoms with Crippen LogP contribution in [0.3, 0.4) is 0 Å². The van der Waals surface area contributed by atoms with Gasteiger partial charge in [0.1, 0.15) is 5.69 Å². The first kappa shape index (κ1) is 21.1. The van der Waals surface area contributed by atoms with Gasteiger partial charge in [0, 0.05) is 10.8 Å². The number of amides is 1. The van der Waals surface area contributed by atoms with Gasteiger partial charge in [0.2, 0.25) is 5.91 Å². The number of nitrogens with one attached hydrogen (secondary N) is 1. The van der Waals surface area contributed by atoms with Crippen LogP contribution in [0.1, 0.15) is 12.5 Å². The molecule has 0 unspecified atom stereocenters. The van der Waals surface area contributed by atoms with Crippen LogP contribution in [0.2, 0.25) is 0 Å². The normalized spacial score (nSPS) is 11.5. The summed E-state index contributed by atoms with van der Waals surface area (Å²) in [5.74, 6) is 1.03. The minimum absolute atomic E-state index is 0.0389. The highest BCUT2D eigenvalue weighted by Crippen LogP contribution is 2.34. The predicted molar refractivity (Wildman–Crippen MR) is 120 cm³/mol. The highest BCUT2D eigenvalue weighted by Gasteiger charge is 2.15. The van der Waals surface area contributed by atoms with Crippen molar-refractivity contribution in [2.45, 2.75) is 18.2 Å². The molecule has 0 aliphatic heterocycles. The van der Waals surface area contributed by atoms with Gasteiger partial charge < -0.3 is 14.5 Å². The summed E-state index contributed by atoms with van der Waals surface area (Å²) in [5, 5.41) is 5.95. The molecule has 0 fully saturated rings. The van der Waals surface area contributed by atoms with Gasteiger partial charge >= 0.3 is 0 Å². The first-order valence-corrected chi connectivity index (χ1v) is 12.1. The number of fused-ring (bicyclic) bond motifs is 1. The molecule has 1 amide bonds. The zero-order valence-corrected chi connectivity index (χ0v) is 18.5. The van der Waals surface area contributed by atoms with Crippen LogP contribution in [-0.2, 0) is 21.1 Å².